The van der Waals surface area contributed by atoms with Crippen LogP contribution in [0.5, 0.6) is 0 Å². The summed E-state index contributed by atoms with van der Waals surface area (Å²) in [7, 11) is 0. The highest BCUT2D eigenvalue weighted by molar-refractivity contribution is 7.16. The molecule has 0 unspecified atom stereocenters. The van der Waals surface area contributed by atoms with E-state index in [-0.39, 0.29) is 12.5 Å². The number of rotatable bonds is 5. The fourth-order valence-corrected chi connectivity index (χ4v) is 3.64. The van der Waals surface area contributed by atoms with Crippen LogP contribution in [0.4, 0.5) is 5.13 Å². The first-order valence-corrected chi connectivity index (χ1v) is 9.09. The van der Waals surface area contributed by atoms with E-state index in [1.54, 1.807) is 35.6 Å². The number of benzene rings is 1. The van der Waals surface area contributed by atoms with Crippen molar-refractivity contribution in [3.63, 3.8) is 0 Å². The third-order valence-corrected chi connectivity index (χ3v) is 5.03. The molecule has 1 aromatic carbocycles. The largest absolute Gasteiger partial charge is 0.343 e. The third kappa shape index (κ3) is 4.00. The highest BCUT2D eigenvalue weighted by Gasteiger charge is 2.12. The highest BCUT2D eigenvalue weighted by Crippen LogP contribution is 2.28. The average molecular weight is 378 g/mol. The SMILES string of the molecule is O=C(CNC(=O)c1ccccc1Cl)Nc1nc(-c2cccs2)cs1. The summed E-state index contributed by atoms with van der Waals surface area (Å²) in [4.78, 5) is 29.3. The number of thiophene rings is 1. The van der Waals surface area contributed by atoms with Crippen molar-refractivity contribution in [1.29, 1.82) is 0 Å². The van der Waals surface area contributed by atoms with Crippen molar-refractivity contribution in [3.05, 3.63) is 57.7 Å². The molecule has 0 atom stereocenters. The van der Waals surface area contributed by atoms with Gasteiger partial charge in [0.05, 0.1) is 27.7 Å². The zero-order chi connectivity index (χ0) is 16.9. The third-order valence-electron chi connectivity index (χ3n) is 3.05. The van der Waals surface area contributed by atoms with Crippen molar-refractivity contribution >= 4 is 51.2 Å². The van der Waals surface area contributed by atoms with Crippen LogP contribution in [0.25, 0.3) is 10.6 Å². The van der Waals surface area contributed by atoms with Gasteiger partial charge in [-0.3, -0.25) is 9.59 Å². The minimum atomic E-state index is -0.394. The van der Waals surface area contributed by atoms with Crippen LogP contribution in [0.15, 0.2) is 47.2 Å². The van der Waals surface area contributed by atoms with Crippen LogP contribution in [-0.2, 0) is 4.79 Å². The normalized spacial score (nSPS) is 10.4. The molecule has 0 aliphatic heterocycles. The van der Waals surface area contributed by atoms with Gasteiger partial charge in [-0.15, -0.1) is 22.7 Å². The Morgan fingerprint density at radius 3 is 2.71 bits per heavy atom. The lowest BCUT2D eigenvalue weighted by Gasteiger charge is -2.06. The molecule has 2 amide bonds. The summed E-state index contributed by atoms with van der Waals surface area (Å²) in [5.74, 6) is -0.739. The number of aromatic nitrogens is 1. The van der Waals surface area contributed by atoms with Crippen molar-refractivity contribution in [2.45, 2.75) is 0 Å². The monoisotopic (exact) mass is 377 g/mol. The van der Waals surface area contributed by atoms with E-state index in [4.69, 9.17) is 11.6 Å². The number of hydrogen-bond acceptors (Lipinski definition) is 5. The molecule has 3 aromatic rings. The summed E-state index contributed by atoms with van der Waals surface area (Å²) in [6.07, 6.45) is 0. The lowest BCUT2D eigenvalue weighted by Crippen LogP contribution is -2.32. The number of hydrogen-bond donors (Lipinski definition) is 2. The van der Waals surface area contributed by atoms with Crippen molar-refractivity contribution in [2.75, 3.05) is 11.9 Å². The fourth-order valence-electron chi connectivity index (χ4n) is 1.93. The molecule has 0 aliphatic carbocycles. The van der Waals surface area contributed by atoms with E-state index >= 15 is 0 Å². The Morgan fingerprint density at radius 1 is 1.12 bits per heavy atom. The Balaban J connectivity index is 1.55. The molecule has 0 radical (unpaired) electrons. The lowest BCUT2D eigenvalue weighted by molar-refractivity contribution is -0.115. The second-order valence-corrected chi connectivity index (χ2v) is 6.94. The van der Waals surface area contributed by atoms with Crippen LogP contribution < -0.4 is 10.6 Å². The Morgan fingerprint density at radius 2 is 1.96 bits per heavy atom. The molecular formula is C16H12ClN3O2S2. The molecule has 122 valence electrons. The second-order valence-electron chi connectivity index (χ2n) is 4.73. The van der Waals surface area contributed by atoms with E-state index in [9.17, 15) is 9.59 Å². The maximum Gasteiger partial charge on any atom is 0.253 e. The molecule has 3 rings (SSSR count). The maximum atomic E-state index is 12.0. The van der Waals surface area contributed by atoms with Crippen molar-refractivity contribution in [1.82, 2.24) is 10.3 Å². The zero-order valence-corrected chi connectivity index (χ0v) is 14.7. The van der Waals surface area contributed by atoms with Gasteiger partial charge < -0.3 is 10.6 Å². The van der Waals surface area contributed by atoms with Crippen LogP contribution >= 0.6 is 34.3 Å². The van der Waals surface area contributed by atoms with Crippen LogP contribution in [0.1, 0.15) is 10.4 Å². The van der Waals surface area contributed by atoms with Gasteiger partial charge in [0.25, 0.3) is 5.91 Å². The van der Waals surface area contributed by atoms with Crippen LogP contribution in [0, 0.1) is 0 Å². The van der Waals surface area contributed by atoms with E-state index in [1.807, 2.05) is 22.9 Å². The summed E-state index contributed by atoms with van der Waals surface area (Å²) in [5, 5.41) is 9.90. The molecule has 0 aliphatic rings. The molecule has 2 heterocycles. The standard InChI is InChI=1S/C16H12ClN3O2S2/c17-11-5-2-1-4-10(11)15(22)18-8-14(21)20-16-19-12(9-24-16)13-6-3-7-23-13/h1-7,9H,8H2,(H,18,22)(H,19,20,21). The highest BCUT2D eigenvalue weighted by atomic mass is 35.5. The van der Waals surface area contributed by atoms with Crippen LogP contribution in [-0.4, -0.2) is 23.3 Å². The van der Waals surface area contributed by atoms with Gasteiger partial charge in [0.2, 0.25) is 5.91 Å². The van der Waals surface area contributed by atoms with Gasteiger partial charge in [-0.2, -0.15) is 0 Å². The summed E-state index contributed by atoms with van der Waals surface area (Å²) < 4.78 is 0. The number of nitrogens with one attached hydrogen (secondary N) is 2. The van der Waals surface area contributed by atoms with Crippen LogP contribution in [0.3, 0.4) is 0 Å². The first kappa shape index (κ1) is 16.6. The Hall–Kier alpha value is -2.22. The number of amides is 2. The lowest BCUT2D eigenvalue weighted by atomic mass is 10.2. The maximum absolute atomic E-state index is 12.0. The molecule has 0 spiro atoms. The van der Waals surface area contributed by atoms with Crippen molar-refractivity contribution in [3.8, 4) is 10.6 Å². The average Bonchev–Trinajstić information content (AvgIpc) is 3.24. The molecule has 2 aromatic heterocycles. The van der Waals surface area contributed by atoms with Gasteiger partial charge in [0.15, 0.2) is 5.13 Å². The van der Waals surface area contributed by atoms with Gasteiger partial charge in [-0.25, -0.2) is 4.98 Å². The number of halogens is 1. The topological polar surface area (TPSA) is 71.1 Å². The molecule has 8 heteroatoms. The summed E-state index contributed by atoms with van der Waals surface area (Å²) >= 11 is 8.87. The van der Waals surface area contributed by atoms with E-state index in [0.717, 1.165) is 10.6 Å². The minimum absolute atomic E-state index is 0.155. The second kappa shape index (κ2) is 7.57. The predicted octanol–water partition coefficient (Wildman–Crippen LogP) is 3.89. The van der Waals surface area contributed by atoms with Gasteiger partial charge in [0, 0.05) is 5.38 Å². The Kier molecular flexibility index (Phi) is 5.24. The minimum Gasteiger partial charge on any atom is -0.343 e. The quantitative estimate of drug-likeness (QED) is 0.708. The van der Waals surface area contributed by atoms with Gasteiger partial charge in [0.1, 0.15) is 0 Å². The number of anilines is 1. The smallest absolute Gasteiger partial charge is 0.253 e. The Labute approximate surface area is 151 Å². The van der Waals surface area contributed by atoms with E-state index in [2.05, 4.69) is 15.6 Å². The number of nitrogens with zero attached hydrogens (tertiary/aromatic N) is 1. The van der Waals surface area contributed by atoms with Gasteiger partial charge >= 0.3 is 0 Å². The first-order chi connectivity index (χ1) is 11.6. The van der Waals surface area contributed by atoms with Crippen molar-refractivity contribution in [2.24, 2.45) is 0 Å². The molecule has 0 saturated carbocycles. The predicted molar refractivity (Wildman–Crippen MR) is 97.8 cm³/mol. The van der Waals surface area contributed by atoms with Gasteiger partial charge in [-0.1, -0.05) is 29.8 Å². The summed E-state index contributed by atoms with van der Waals surface area (Å²) in [5.41, 5.74) is 1.16. The molecular weight excluding hydrogens is 366 g/mol. The molecule has 0 saturated heterocycles. The van der Waals surface area contributed by atoms with E-state index in [1.165, 1.54) is 11.3 Å². The van der Waals surface area contributed by atoms with Gasteiger partial charge in [-0.05, 0) is 23.6 Å². The van der Waals surface area contributed by atoms with Crippen molar-refractivity contribution < 1.29 is 9.59 Å². The van der Waals surface area contributed by atoms with Crippen LogP contribution in [0.2, 0.25) is 5.02 Å². The van der Waals surface area contributed by atoms with E-state index < -0.39 is 5.91 Å². The molecule has 2 N–H and O–H groups in total. The Bertz CT molecular complexity index is 862. The van der Waals surface area contributed by atoms with E-state index in [0.29, 0.717) is 15.7 Å². The number of thiazole rings is 1. The molecule has 5 nitrogen and oxygen atoms in total. The fraction of sp³-hybridized carbons (Fsp3) is 0.0625. The molecule has 24 heavy (non-hydrogen) atoms. The number of carbonyl (C=O) groups is 2. The molecule has 0 fully saturated rings. The first-order valence-electron chi connectivity index (χ1n) is 6.95. The number of carbonyl (C=O) groups excluding carboxylic acids is 2. The summed E-state index contributed by atoms with van der Waals surface area (Å²) in [6, 6.07) is 10.6. The molecule has 0 bridgehead atoms. The summed E-state index contributed by atoms with van der Waals surface area (Å²) in [6.45, 7) is -0.155. The zero-order valence-electron chi connectivity index (χ0n) is 12.3.